The second-order valence-electron chi connectivity index (χ2n) is 4.23. The standard InChI is InChI=1S/C11H3BO9/c1-2-3(13)4(14)6(16)9(2)19-12-20-10-7(17)5(15)8(18)11(10)21-12/h1H3. The summed E-state index contributed by atoms with van der Waals surface area (Å²) in [4.78, 5) is 67.7. The summed E-state index contributed by atoms with van der Waals surface area (Å²) in [6, 6.07) is 0. The fourth-order valence-electron chi connectivity index (χ4n) is 1.88. The summed E-state index contributed by atoms with van der Waals surface area (Å²) in [5, 5.41) is 0. The molecule has 0 aromatic heterocycles. The average molecular weight is 290 g/mol. The monoisotopic (exact) mass is 290 g/mol. The van der Waals surface area contributed by atoms with Crippen molar-refractivity contribution in [1.29, 1.82) is 0 Å². The molecule has 0 fully saturated rings. The first-order valence-corrected chi connectivity index (χ1v) is 5.54. The highest BCUT2D eigenvalue weighted by Crippen LogP contribution is 2.25. The molecule has 0 bridgehead atoms. The van der Waals surface area contributed by atoms with Gasteiger partial charge in [-0.3, -0.25) is 28.8 Å². The largest absolute Gasteiger partial charge is 0.864 e. The van der Waals surface area contributed by atoms with E-state index in [1.54, 1.807) is 0 Å². The lowest BCUT2D eigenvalue weighted by molar-refractivity contribution is 0.347. The van der Waals surface area contributed by atoms with Crippen molar-refractivity contribution in [3.63, 3.8) is 0 Å². The van der Waals surface area contributed by atoms with Crippen molar-refractivity contribution < 1.29 is 14.0 Å². The van der Waals surface area contributed by atoms with Crippen LogP contribution < -0.4 is 46.5 Å². The van der Waals surface area contributed by atoms with Gasteiger partial charge < -0.3 is 14.0 Å². The van der Waals surface area contributed by atoms with E-state index in [9.17, 15) is 28.8 Å². The molecule has 1 heterocycles. The highest BCUT2D eigenvalue weighted by Gasteiger charge is 2.44. The van der Waals surface area contributed by atoms with E-state index in [1.165, 1.54) is 6.92 Å². The zero-order chi connectivity index (χ0) is 15.5. The number of fused-ring (bicyclic) bond motifs is 1. The normalized spacial score (nSPS) is 12.9. The van der Waals surface area contributed by atoms with E-state index in [1.807, 2.05) is 0 Å². The maximum absolute atomic E-state index is 11.5. The molecule has 9 nitrogen and oxygen atoms in total. The van der Waals surface area contributed by atoms with Gasteiger partial charge in [0.05, 0.1) is 0 Å². The SMILES string of the molecule is Cc1c(OB2Oc3c(c(=O)c(=O)c3=O)O2)c(=O)c(=O)c1=O. The molecule has 0 radical (unpaired) electrons. The van der Waals surface area contributed by atoms with Crippen LogP contribution in [-0.2, 0) is 0 Å². The van der Waals surface area contributed by atoms with E-state index in [0.29, 0.717) is 0 Å². The number of rotatable bonds is 2. The van der Waals surface area contributed by atoms with Gasteiger partial charge in [0.2, 0.25) is 16.9 Å². The van der Waals surface area contributed by atoms with Gasteiger partial charge in [0.1, 0.15) is 0 Å². The molecule has 0 amide bonds. The Hall–Kier alpha value is -3.04. The van der Waals surface area contributed by atoms with E-state index in [2.05, 4.69) is 0 Å². The van der Waals surface area contributed by atoms with Crippen molar-refractivity contribution in [2.75, 3.05) is 0 Å². The van der Waals surface area contributed by atoms with Crippen LogP contribution in [0.5, 0.6) is 17.2 Å². The van der Waals surface area contributed by atoms with Crippen LogP contribution in [-0.4, -0.2) is 7.32 Å². The van der Waals surface area contributed by atoms with E-state index >= 15 is 0 Å². The maximum Gasteiger partial charge on any atom is 0.864 e. The lowest BCUT2D eigenvalue weighted by atomic mass is 10.2. The van der Waals surface area contributed by atoms with Gasteiger partial charge in [-0.25, -0.2) is 0 Å². The Morgan fingerprint density at radius 1 is 0.714 bits per heavy atom. The molecule has 0 spiro atoms. The van der Waals surface area contributed by atoms with Crippen molar-refractivity contribution in [3.05, 3.63) is 66.9 Å². The van der Waals surface area contributed by atoms with Crippen LogP contribution in [0.2, 0.25) is 0 Å². The van der Waals surface area contributed by atoms with E-state index in [0.717, 1.165) is 0 Å². The molecule has 21 heavy (non-hydrogen) atoms. The Labute approximate surface area is 113 Å². The number of hydrogen-bond acceptors (Lipinski definition) is 9. The van der Waals surface area contributed by atoms with E-state index in [-0.39, 0.29) is 5.56 Å². The third-order valence-electron chi connectivity index (χ3n) is 2.97. The molecule has 0 aliphatic carbocycles. The average Bonchev–Trinajstić information content (AvgIpc) is 3.02. The summed E-state index contributed by atoms with van der Waals surface area (Å²) >= 11 is 0. The van der Waals surface area contributed by atoms with Crippen molar-refractivity contribution in [2.24, 2.45) is 0 Å². The summed E-state index contributed by atoms with van der Waals surface area (Å²) in [5.74, 6) is -1.81. The summed E-state index contributed by atoms with van der Waals surface area (Å²) < 4.78 is 14.5. The molecule has 0 saturated carbocycles. The lowest BCUT2D eigenvalue weighted by Gasteiger charge is -2.05. The molecule has 2 aromatic carbocycles. The topological polar surface area (TPSA) is 130 Å². The molecule has 10 heteroatoms. The third-order valence-corrected chi connectivity index (χ3v) is 2.97. The molecule has 104 valence electrons. The molecule has 0 saturated heterocycles. The Kier molecular flexibility index (Phi) is 2.46. The van der Waals surface area contributed by atoms with E-state index in [4.69, 9.17) is 14.0 Å². The van der Waals surface area contributed by atoms with Gasteiger partial charge in [0, 0.05) is 5.56 Å². The summed E-state index contributed by atoms with van der Waals surface area (Å²) in [6.45, 7) is 1.19. The quantitative estimate of drug-likeness (QED) is 0.413. The van der Waals surface area contributed by atoms with Crippen LogP contribution >= 0.6 is 0 Å². The maximum atomic E-state index is 11.5. The first-order chi connectivity index (χ1) is 9.82. The molecule has 2 aromatic rings. The van der Waals surface area contributed by atoms with Crippen LogP contribution in [0.25, 0.3) is 0 Å². The van der Waals surface area contributed by atoms with Gasteiger partial charge >= 0.3 is 7.32 Å². The second kappa shape index (κ2) is 3.98. The van der Waals surface area contributed by atoms with Gasteiger partial charge in [0.15, 0.2) is 5.75 Å². The van der Waals surface area contributed by atoms with Crippen molar-refractivity contribution in [2.45, 2.75) is 6.92 Å². The zero-order valence-electron chi connectivity index (χ0n) is 10.3. The van der Waals surface area contributed by atoms with Crippen molar-refractivity contribution in [3.8, 4) is 17.2 Å². The zero-order valence-corrected chi connectivity index (χ0v) is 10.3. The second-order valence-corrected chi connectivity index (χ2v) is 4.23. The number of hydrogen-bond donors (Lipinski definition) is 0. The van der Waals surface area contributed by atoms with Gasteiger partial charge in [-0.2, -0.15) is 0 Å². The molecule has 0 unspecified atom stereocenters. The third kappa shape index (κ3) is 1.58. The minimum absolute atomic E-state index is 0.238. The highest BCUT2D eigenvalue weighted by molar-refractivity contribution is 6.41. The minimum Gasteiger partial charge on any atom is -0.485 e. The first kappa shape index (κ1) is 13.0. The predicted octanol–water partition coefficient (Wildman–Crippen LogP) is -3.26. The summed E-state index contributed by atoms with van der Waals surface area (Å²) in [5.41, 5.74) is -7.35. The molecule has 0 N–H and O–H groups in total. The Bertz CT molecular complexity index is 1010. The lowest BCUT2D eigenvalue weighted by Crippen LogP contribution is -2.40. The molecule has 1 aliphatic heterocycles. The molecular formula is C11H3BO9. The Morgan fingerprint density at radius 2 is 1.19 bits per heavy atom. The minimum atomic E-state index is -1.71. The summed E-state index contributed by atoms with van der Waals surface area (Å²) in [7, 11) is -1.71. The van der Waals surface area contributed by atoms with Crippen LogP contribution in [0.3, 0.4) is 0 Å². The van der Waals surface area contributed by atoms with Crippen molar-refractivity contribution >= 4 is 7.32 Å². The Balaban J connectivity index is 1.98. The van der Waals surface area contributed by atoms with Crippen molar-refractivity contribution in [1.82, 2.24) is 0 Å². The van der Waals surface area contributed by atoms with Crippen LogP contribution in [0.4, 0.5) is 0 Å². The first-order valence-electron chi connectivity index (χ1n) is 5.54. The predicted molar refractivity (Wildman–Crippen MR) is 67.6 cm³/mol. The molecule has 0 atom stereocenters. The van der Waals surface area contributed by atoms with Crippen LogP contribution in [0.15, 0.2) is 28.8 Å². The van der Waals surface area contributed by atoms with Gasteiger partial charge in [0.25, 0.3) is 27.1 Å². The summed E-state index contributed by atoms with van der Waals surface area (Å²) in [6.07, 6.45) is 0. The fraction of sp³-hybridized carbons (Fsp3) is 0.0909. The van der Waals surface area contributed by atoms with E-state index < -0.39 is 57.1 Å². The fourth-order valence-corrected chi connectivity index (χ4v) is 1.88. The highest BCUT2D eigenvalue weighted by atomic mass is 16.8. The molecular weight excluding hydrogens is 287 g/mol. The van der Waals surface area contributed by atoms with Gasteiger partial charge in [-0.05, 0) is 6.92 Å². The van der Waals surface area contributed by atoms with Crippen LogP contribution in [0.1, 0.15) is 5.56 Å². The smallest absolute Gasteiger partial charge is 0.485 e. The Morgan fingerprint density at radius 3 is 1.62 bits per heavy atom. The van der Waals surface area contributed by atoms with Crippen LogP contribution in [0, 0.1) is 6.92 Å². The molecule has 1 aliphatic rings. The van der Waals surface area contributed by atoms with Gasteiger partial charge in [-0.15, -0.1) is 0 Å². The van der Waals surface area contributed by atoms with Gasteiger partial charge in [-0.1, -0.05) is 0 Å². The molecule has 3 rings (SSSR count).